The predicted octanol–water partition coefficient (Wildman–Crippen LogP) is 4.56. The number of hydrogen-bond acceptors (Lipinski definition) is 2. The minimum absolute atomic E-state index is 0.333. The quantitative estimate of drug-likeness (QED) is 0.881. The van der Waals surface area contributed by atoms with E-state index in [1.165, 1.54) is 11.1 Å². The number of aryl methyl sites for hydroxylation is 1. The number of anilines is 1. The topological polar surface area (TPSA) is 29.9 Å². The van der Waals surface area contributed by atoms with E-state index < -0.39 is 0 Å². The van der Waals surface area contributed by atoms with Crippen LogP contribution in [0.1, 0.15) is 43.1 Å². The van der Waals surface area contributed by atoms with Crippen LogP contribution in [0.25, 0.3) is 0 Å². The van der Waals surface area contributed by atoms with Gasteiger partial charge in [-0.25, -0.2) is 4.68 Å². The van der Waals surface area contributed by atoms with Gasteiger partial charge in [-0.05, 0) is 52.7 Å². The highest BCUT2D eigenvalue weighted by Crippen LogP contribution is 2.37. The smallest absolute Gasteiger partial charge is 0.139 e. The molecule has 1 aliphatic rings. The van der Waals surface area contributed by atoms with Crippen molar-refractivity contribution in [1.82, 2.24) is 9.78 Å². The average Bonchev–Trinajstić information content (AvgIpc) is 2.76. The standard InChI is InChI=1S/C17H22BrN3/c1-11(2)10-14-16(18)17-19-9-8-15(21(17)20-14)13-7-5-4-6-12(13)3/h4-7,11,15,19H,8-10H2,1-3H3. The maximum absolute atomic E-state index is 4.90. The van der Waals surface area contributed by atoms with Crippen LogP contribution >= 0.6 is 15.9 Å². The van der Waals surface area contributed by atoms with Crippen LogP contribution < -0.4 is 5.32 Å². The molecule has 1 aromatic carbocycles. The van der Waals surface area contributed by atoms with Crippen molar-refractivity contribution in [1.29, 1.82) is 0 Å². The first-order valence-electron chi connectivity index (χ1n) is 7.64. The predicted molar refractivity (Wildman–Crippen MR) is 90.9 cm³/mol. The van der Waals surface area contributed by atoms with Crippen LogP contribution in [0.5, 0.6) is 0 Å². The van der Waals surface area contributed by atoms with E-state index in [1.807, 2.05) is 0 Å². The molecule has 112 valence electrons. The van der Waals surface area contributed by atoms with Crippen LogP contribution in [0.3, 0.4) is 0 Å². The van der Waals surface area contributed by atoms with E-state index in [4.69, 9.17) is 5.10 Å². The molecule has 0 amide bonds. The van der Waals surface area contributed by atoms with Crippen LogP contribution in [0.4, 0.5) is 5.82 Å². The number of nitrogens with zero attached hydrogens (tertiary/aromatic N) is 2. The van der Waals surface area contributed by atoms with Crippen molar-refractivity contribution in [2.75, 3.05) is 11.9 Å². The molecule has 3 rings (SSSR count). The van der Waals surface area contributed by atoms with Gasteiger partial charge in [0.2, 0.25) is 0 Å². The Morgan fingerprint density at radius 3 is 2.86 bits per heavy atom. The van der Waals surface area contributed by atoms with Crippen LogP contribution in [0, 0.1) is 12.8 Å². The fraction of sp³-hybridized carbons (Fsp3) is 0.471. The largest absolute Gasteiger partial charge is 0.369 e. The lowest BCUT2D eigenvalue weighted by atomic mass is 9.98. The van der Waals surface area contributed by atoms with Crippen molar-refractivity contribution in [2.45, 2.75) is 39.7 Å². The van der Waals surface area contributed by atoms with E-state index in [0.29, 0.717) is 12.0 Å². The van der Waals surface area contributed by atoms with Gasteiger partial charge in [0, 0.05) is 6.54 Å². The molecule has 0 fully saturated rings. The zero-order chi connectivity index (χ0) is 15.0. The Hall–Kier alpha value is -1.29. The molecule has 1 unspecified atom stereocenters. The Kier molecular flexibility index (Phi) is 4.07. The van der Waals surface area contributed by atoms with Crippen molar-refractivity contribution in [3.8, 4) is 0 Å². The van der Waals surface area contributed by atoms with E-state index in [-0.39, 0.29) is 0 Å². The van der Waals surface area contributed by atoms with Gasteiger partial charge in [-0.15, -0.1) is 0 Å². The molecule has 0 bridgehead atoms. The summed E-state index contributed by atoms with van der Waals surface area (Å²) in [6, 6.07) is 8.97. The third kappa shape index (κ3) is 2.73. The molecule has 0 saturated heterocycles. The molecule has 1 aliphatic heterocycles. The molecule has 4 heteroatoms. The van der Waals surface area contributed by atoms with Gasteiger partial charge in [0.15, 0.2) is 0 Å². The number of nitrogens with one attached hydrogen (secondary N) is 1. The zero-order valence-electron chi connectivity index (χ0n) is 12.9. The van der Waals surface area contributed by atoms with Gasteiger partial charge >= 0.3 is 0 Å². The lowest BCUT2D eigenvalue weighted by molar-refractivity contribution is 0.472. The van der Waals surface area contributed by atoms with Crippen molar-refractivity contribution in [2.24, 2.45) is 5.92 Å². The van der Waals surface area contributed by atoms with Gasteiger partial charge in [0.1, 0.15) is 5.82 Å². The van der Waals surface area contributed by atoms with E-state index in [1.54, 1.807) is 0 Å². The number of aromatic nitrogens is 2. The maximum Gasteiger partial charge on any atom is 0.139 e. The summed E-state index contributed by atoms with van der Waals surface area (Å²) < 4.78 is 3.31. The third-order valence-electron chi connectivity index (χ3n) is 4.07. The molecule has 2 aromatic rings. The first-order chi connectivity index (χ1) is 10.1. The normalized spacial score (nSPS) is 17.7. The maximum atomic E-state index is 4.90. The molecule has 0 aliphatic carbocycles. The van der Waals surface area contributed by atoms with Crippen LogP contribution in [0.2, 0.25) is 0 Å². The number of fused-ring (bicyclic) bond motifs is 1. The lowest BCUT2D eigenvalue weighted by Crippen LogP contribution is -2.25. The molecule has 3 nitrogen and oxygen atoms in total. The molecule has 0 saturated carbocycles. The summed E-state index contributed by atoms with van der Waals surface area (Å²) >= 11 is 3.74. The van der Waals surface area contributed by atoms with Gasteiger partial charge in [-0.1, -0.05) is 38.1 Å². The number of rotatable bonds is 3. The summed E-state index contributed by atoms with van der Waals surface area (Å²) in [4.78, 5) is 0. The molecule has 1 atom stereocenters. The monoisotopic (exact) mass is 347 g/mol. The van der Waals surface area contributed by atoms with Gasteiger partial charge in [-0.2, -0.15) is 5.10 Å². The minimum Gasteiger partial charge on any atom is -0.369 e. The second kappa shape index (κ2) is 5.84. The molecule has 2 heterocycles. The Morgan fingerprint density at radius 1 is 1.38 bits per heavy atom. The van der Waals surface area contributed by atoms with Gasteiger partial charge in [-0.3, -0.25) is 0 Å². The summed E-state index contributed by atoms with van der Waals surface area (Å²) in [7, 11) is 0. The van der Waals surface area contributed by atoms with Gasteiger partial charge in [0.05, 0.1) is 16.2 Å². The minimum atomic E-state index is 0.333. The van der Waals surface area contributed by atoms with E-state index in [9.17, 15) is 0 Å². The molecular weight excluding hydrogens is 326 g/mol. The SMILES string of the molecule is Cc1ccccc1C1CCNc2c(Br)c(CC(C)C)nn21. The van der Waals surface area contributed by atoms with E-state index >= 15 is 0 Å². The second-order valence-corrected chi connectivity index (χ2v) is 7.03. The third-order valence-corrected chi connectivity index (χ3v) is 4.91. The zero-order valence-corrected chi connectivity index (χ0v) is 14.4. The van der Waals surface area contributed by atoms with Crippen molar-refractivity contribution in [3.63, 3.8) is 0 Å². The molecule has 0 spiro atoms. The Morgan fingerprint density at radius 2 is 2.14 bits per heavy atom. The van der Waals surface area contributed by atoms with Crippen LogP contribution in [-0.4, -0.2) is 16.3 Å². The fourth-order valence-corrected chi connectivity index (χ4v) is 3.62. The summed E-state index contributed by atoms with van der Waals surface area (Å²) in [6.45, 7) is 7.64. The van der Waals surface area contributed by atoms with Crippen molar-refractivity contribution < 1.29 is 0 Å². The first-order valence-corrected chi connectivity index (χ1v) is 8.43. The molecule has 0 radical (unpaired) electrons. The Labute approximate surface area is 134 Å². The lowest BCUT2D eigenvalue weighted by Gasteiger charge is -2.27. The summed E-state index contributed by atoms with van der Waals surface area (Å²) in [5.74, 6) is 1.74. The van der Waals surface area contributed by atoms with Gasteiger partial charge < -0.3 is 5.32 Å². The Bertz CT molecular complexity index is 645. The van der Waals surface area contributed by atoms with E-state index in [2.05, 4.69) is 71.0 Å². The summed E-state index contributed by atoms with van der Waals surface area (Å²) in [5.41, 5.74) is 3.88. The van der Waals surface area contributed by atoms with Crippen LogP contribution in [-0.2, 0) is 6.42 Å². The average molecular weight is 348 g/mol. The molecular formula is C17H22BrN3. The van der Waals surface area contributed by atoms with Crippen molar-refractivity contribution in [3.05, 3.63) is 45.6 Å². The number of halogens is 1. The number of hydrogen-bond donors (Lipinski definition) is 1. The van der Waals surface area contributed by atoms with Crippen molar-refractivity contribution >= 4 is 21.7 Å². The number of benzene rings is 1. The second-order valence-electron chi connectivity index (χ2n) is 6.24. The first kappa shape index (κ1) is 14.6. The van der Waals surface area contributed by atoms with E-state index in [0.717, 1.165) is 35.4 Å². The van der Waals surface area contributed by atoms with Gasteiger partial charge in [0.25, 0.3) is 0 Å². The summed E-state index contributed by atoms with van der Waals surface area (Å²) in [6.07, 6.45) is 2.08. The summed E-state index contributed by atoms with van der Waals surface area (Å²) in [5, 5.41) is 8.39. The van der Waals surface area contributed by atoms with Crippen LogP contribution in [0.15, 0.2) is 28.7 Å². The molecule has 21 heavy (non-hydrogen) atoms. The highest BCUT2D eigenvalue weighted by atomic mass is 79.9. The Balaban J connectivity index is 2.04. The molecule has 1 N–H and O–H groups in total. The highest BCUT2D eigenvalue weighted by molar-refractivity contribution is 9.10. The molecule has 1 aromatic heterocycles. The highest BCUT2D eigenvalue weighted by Gasteiger charge is 2.27. The fourth-order valence-electron chi connectivity index (χ4n) is 3.06.